The molecule has 0 atom stereocenters. The van der Waals surface area contributed by atoms with Crippen LogP contribution in [0.4, 0.5) is 0 Å². The molecule has 2 aromatic rings. The van der Waals surface area contributed by atoms with Crippen molar-refractivity contribution in [1.29, 1.82) is 0 Å². The molecule has 0 aliphatic heterocycles. The molecule has 1 heterocycles. The summed E-state index contributed by atoms with van der Waals surface area (Å²) in [6, 6.07) is 5.46. The Hall–Kier alpha value is -2.15. The SMILES string of the molecule is COc1cc(OC)cc(-n2cc(C)nc2SCC(=O)O)c1. The lowest BCUT2D eigenvalue weighted by Crippen LogP contribution is -2.02. The fourth-order valence-corrected chi connectivity index (χ4v) is 2.58. The maximum absolute atomic E-state index is 10.7. The van der Waals surface area contributed by atoms with Gasteiger partial charge in [-0.15, -0.1) is 0 Å². The van der Waals surface area contributed by atoms with Crippen LogP contribution in [0.2, 0.25) is 0 Å². The number of carbonyl (C=O) groups is 1. The van der Waals surface area contributed by atoms with Crippen LogP contribution >= 0.6 is 11.8 Å². The summed E-state index contributed by atoms with van der Waals surface area (Å²) < 4.78 is 12.3. The summed E-state index contributed by atoms with van der Waals surface area (Å²) in [5.41, 5.74) is 1.62. The van der Waals surface area contributed by atoms with Crippen LogP contribution in [-0.4, -0.2) is 40.6 Å². The van der Waals surface area contributed by atoms with Gasteiger partial charge in [0, 0.05) is 24.4 Å². The lowest BCUT2D eigenvalue weighted by Gasteiger charge is -2.11. The summed E-state index contributed by atoms with van der Waals surface area (Å²) in [5.74, 6) is 0.391. The number of ether oxygens (including phenoxy) is 2. The van der Waals surface area contributed by atoms with Gasteiger partial charge in [0.15, 0.2) is 5.16 Å². The molecule has 0 saturated carbocycles. The number of imidazole rings is 1. The average molecular weight is 308 g/mol. The molecular formula is C14H16N2O4S. The minimum absolute atomic E-state index is 0.0441. The molecule has 0 bridgehead atoms. The molecular weight excluding hydrogens is 292 g/mol. The zero-order valence-electron chi connectivity index (χ0n) is 12.0. The van der Waals surface area contributed by atoms with E-state index < -0.39 is 5.97 Å². The van der Waals surface area contributed by atoms with Gasteiger partial charge in [0.05, 0.1) is 31.4 Å². The van der Waals surface area contributed by atoms with E-state index in [1.807, 2.05) is 29.8 Å². The summed E-state index contributed by atoms with van der Waals surface area (Å²) in [4.78, 5) is 15.1. The molecule has 0 aliphatic rings. The Morgan fingerprint density at radius 2 is 1.90 bits per heavy atom. The van der Waals surface area contributed by atoms with Crippen LogP contribution < -0.4 is 9.47 Å². The third-order valence-corrected chi connectivity index (χ3v) is 3.67. The first kappa shape index (κ1) is 15.2. The fourth-order valence-electron chi connectivity index (χ4n) is 1.82. The number of carboxylic acids is 1. The van der Waals surface area contributed by atoms with Crippen molar-refractivity contribution in [2.24, 2.45) is 0 Å². The van der Waals surface area contributed by atoms with E-state index in [2.05, 4.69) is 4.98 Å². The molecule has 1 aromatic heterocycles. The minimum Gasteiger partial charge on any atom is -0.497 e. The maximum Gasteiger partial charge on any atom is 0.313 e. The molecule has 2 rings (SSSR count). The predicted octanol–water partition coefficient (Wildman–Crippen LogP) is 2.37. The molecule has 6 nitrogen and oxygen atoms in total. The molecule has 7 heteroatoms. The van der Waals surface area contributed by atoms with Gasteiger partial charge >= 0.3 is 5.97 Å². The number of rotatable bonds is 6. The summed E-state index contributed by atoms with van der Waals surface area (Å²) in [5, 5.41) is 9.43. The predicted molar refractivity (Wildman–Crippen MR) is 79.8 cm³/mol. The summed E-state index contributed by atoms with van der Waals surface area (Å²) in [7, 11) is 3.16. The first-order valence-corrected chi connectivity index (χ1v) is 7.16. The maximum atomic E-state index is 10.7. The van der Waals surface area contributed by atoms with E-state index in [0.29, 0.717) is 16.7 Å². The number of nitrogens with zero attached hydrogens (tertiary/aromatic N) is 2. The Morgan fingerprint density at radius 1 is 1.29 bits per heavy atom. The first-order chi connectivity index (χ1) is 10.0. The number of carboxylic acid groups (broad SMARTS) is 1. The van der Waals surface area contributed by atoms with Crippen molar-refractivity contribution in [2.75, 3.05) is 20.0 Å². The highest BCUT2D eigenvalue weighted by atomic mass is 32.2. The molecule has 21 heavy (non-hydrogen) atoms. The van der Waals surface area contributed by atoms with Crippen molar-refractivity contribution in [1.82, 2.24) is 9.55 Å². The first-order valence-electron chi connectivity index (χ1n) is 6.17. The third-order valence-electron chi connectivity index (χ3n) is 2.73. The van der Waals surface area contributed by atoms with E-state index in [-0.39, 0.29) is 5.75 Å². The van der Waals surface area contributed by atoms with E-state index in [1.165, 1.54) is 11.8 Å². The molecule has 0 radical (unpaired) electrons. The van der Waals surface area contributed by atoms with Gasteiger partial charge in [-0.2, -0.15) is 0 Å². The van der Waals surface area contributed by atoms with Crippen LogP contribution in [0.15, 0.2) is 29.6 Å². The molecule has 0 spiro atoms. The average Bonchev–Trinajstić information content (AvgIpc) is 2.85. The molecule has 0 amide bonds. The highest BCUT2D eigenvalue weighted by Gasteiger charge is 2.12. The number of methoxy groups -OCH3 is 2. The number of hydrogen-bond acceptors (Lipinski definition) is 5. The lowest BCUT2D eigenvalue weighted by molar-refractivity contribution is -0.133. The third kappa shape index (κ3) is 3.69. The van der Waals surface area contributed by atoms with Crippen LogP contribution in [0.25, 0.3) is 5.69 Å². The quantitative estimate of drug-likeness (QED) is 0.826. The monoisotopic (exact) mass is 308 g/mol. The molecule has 112 valence electrons. The van der Waals surface area contributed by atoms with Crippen molar-refractivity contribution in [2.45, 2.75) is 12.1 Å². The zero-order valence-corrected chi connectivity index (χ0v) is 12.8. The van der Waals surface area contributed by atoms with Crippen molar-refractivity contribution in [3.8, 4) is 17.2 Å². The number of hydrogen-bond donors (Lipinski definition) is 1. The zero-order chi connectivity index (χ0) is 15.4. The van der Waals surface area contributed by atoms with E-state index >= 15 is 0 Å². The van der Waals surface area contributed by atoms with E-state index in [4.69, 9.17) is 14.6 Å². The highest BCUT2D eigenvalue weighted by Crippen LogP contribution is 2.28. The largest absolute Gasteiger partial charge is 0.497 e. The van der Waals surface area contributed by atoms with Gasteiger partial charge in [-0.1, -0.05) is 11.8 Å². The van der Waals surface area contributed by atoms with Crippen molar-refractivity contribution in [3.05, 3.63) is 30.1 Å². The molecule has 1 N–H and O–H groups in total. The second kappa shape index (κ2) is 6.53. The van der Waals surface area contributed by atoms with Crippen LogP contribution in [-0.2, 0) is 4.79 Å². The number of aromatic nitrogens is 2. The van der Waals surface area contributed by atoms with E-state index in [9.17, 15) is 4.79 Å². The molecule has 0 fully saturated rings. The van der Waals surface area contributed by atoms with E-state index in [1.54, 1.807) is 20.3 Å². The smallest absolute Gasteiger partial charge is 0.313 e. The summed E-state index contributed by atoms with van der Waals surface area (Å²) >= 11 is 1.17. The van der Waals surface area contributed by atoms with Gasteiger partial charge in [-0.05, 0) is 6.92 Å². The van der Waals surface area contributed by atoms with Gasteiger partial charge in [-0.3, -0.25) is 9.36 Å². The van der Waals surface area contributed by atoms with Gasteiger partial charge in [0.25, 0.3) is 0 Å². The summed E-state index contributed by atoms with van der Waals surface area (Å²) in [6.07, 6.45) is 1.85. The molecule has 0 aliphatic carbocycles. The van der Waals surface area contributed by atoms with Crippen molar-refractivity contribution in [3.63, 3.8) is 0 Å². The Bertz CT molecular complexity index is 632. The fraction of sp³-hybridized carbons (Fsp3) is 0.286. The topological polar surface area (TPSA) is 73.6 Å². The van der Waals surface area contributed by atoms with Gasteiger partial charge in [0.2, 0.25) is 0 Å². The standard InChI is InChI=1S/C14H16N2O4S/c1-9-7-16(14(15-9)21-8-13(17)18)10-4-11(19-2)6-12(5-10)20-3/h4-7H,8H2,1-3H3,(H,17,18). The Labute approximate surface area is 126 Å². The van der Waals surface area contributed by atoms with Crippen LogP contribution in [0, 0.1) is 6.92 Å². The number of aryl methyl sites for hydroxylation is 1. The molecule has 0 unspecified atom stereocenters. The van der Waals surface area contributed by atoms with Gasteiger partial charge < -0.3 is 14.6 Å². The molecule has 0 saturated heterocycles. The number of aliphatic carboxylic acids is 1. The van der Waals surface area contributed by atoms with Gasteiger partial charge in [-0.25, -0.2) is 4.98 Å². The second-order valence-electron chi connectivity index (χ2n) is 4.29. The van der Waals surface area contributed by atoms with Crippen LogP contribution in [0.1, 0.15) is 5.69 Å². The normalized spacial score (nSPS) is 10.4. The minimum atomic E-state index is -0.879. The lowest BCUT2D eigenvalue weighted by atomic mass is 10.2. The van der Waals surface area contributed by atoms with Crippen LogP contribution in [0.3, 0.4) is 0 Å². The second-order valence-corrected chi connectivity index (χ2v) is 5.23. The number of benzene rings is 1. The van der Waals surface area contributed by atoms with E-state index in [0.717, 1.165) is 11.4 Å². The Morgan fingerprint density at radius 3 is 2.43 bits per heavy atom. The Balaban J connectivity index is 2.43. The van der Waals surface area contributed by atoms with Crippen LogP contribution in [0.5, 0.6) is 11.5 Å². The summed E-state index contributed by atoms with van der Waals surface area (Å²) in [6.45, 7) is 1.86. The molecule has 1 aromatic carbocycles. The highest BCUT2D eigenvalue weighted by molar-refractivity contribution is 7.99. The Kier molecular flexibility index (Phi) is 4.74. The van der Waals surface area contributed by atoms with Crippen molar-refractivity contribution < 1.29 is 19.4 Å². The van der Waals surface area contributed by atoms with Gasteiger partial charge in [0.1, 0.15) is 11.5 Å². The van der Waals surface area contributed by atoms with Crippen molar-refractivity contribution >= 4 is 17.7 Å². The number of thioether (sulfide) groups is 1.